The van der Waals surface area contributed by atoms with Gasteiger partial charge < -0.3 is 0 Å². The second kappa shape index (κ2) is 5.58. The summed E-state index contributed by atoms with van der Waals surface area (Å²) in [7, 11) is 0. The molecule has 3 heteroatoms. The summed E-state index contributed by atoms with van der Waals surface area (Å²) < 4.78 is 0. The van der Waals surface area contributed by atoms with Gasteiger partial charge in [-0.3, -0.25) is 0 Å². The molecule has 82 valence electrons. The topological polar surface area (TPSA) is 23.8 Å². The van der Waals surface area contributed by atoms with Crippen molar-refractivity contribution in [3.8, 4) is 6.07 Å². The first kappa shape index (κ1) is 12.6. The van der Waals surface area contributed by atoms with E-state index in [1.807, 2.05) is 18.2 Å². The Morgan fingerprint density at radius 1 is 1.60 bits per heavy atom. The molecule has 1 nitrogen and oxygen atoms in total. The molecule has 0 amide bonds. The average Bonchev–Trinajstić information content (AvgIpc) is 2.21. The Labute approximate surface area is 101 Å². The Morgan fingerprint density at radius 3 is 2.87 bits per heavy atom. The van der Waals surface area contributed by atoms with Crippen LogP contribution in [0.1, 0.15) is 32.6 Å². The van der Waals surface area contributed by atoms with Crippen molar-refractivity contribution >= 4 is 23.2 Å². The molecule has 0 aliphatic heterocycles. The van der Waals surface area contributed by atoms with E-state index >= 15 is 0 Å². The van der Waals surface area contributed by atoms with Crippen molar-refractivity contribution in [2.24, 2.45) is 5.41 Å². The van der Waals surface area contributed by atoms with Crippen LogP contribution >= 0.6 is 23.2 Å². The molecule has 15 heavy (non-hydrogen) atoms. The number of alkyl halides is 1. The SMILES string of the molecule is CCCCC1(CC#N)C=CC(Cl)=CC1Cl. The van der Waals surface area contributed by atoms with Gasteiger partial charge in [0.05, 0.1) is 11.4 Å². The summed E-state index contributed by atoms with van der Waals surface area (Å²) in [5.74, 6) is 0. The molecule has 0 radical (unpaired) electrons. The maximum Gasteiger partial charge on any atom is 0.0634 e. The minimum atomic E-state index is -0.218. The van der Waals surface area contributed by atoms with Crippen LogP contribution in [0.3, 0.4) is 0 Å². The van der Waals surface area contributed by atoms with E-state index in [-0.39, 0.29) is 10.8 Å². The second-order valence-electron chi connectivity index (χ2n) is 3.96. The molecule has 0 saturated heterocycles. The highest BCUT2D eigenvalue weighted by Gasteiger charge is 2.35. The van der Waals surface area contributed by atoms with E-state index in [0.717, 1.165) is 19.3 Å². The van der Waals surface area contributed by atoms with Gasteiger partial charge in [-0.25, -0.2) is 0 Å². The maximum atomic E-state index is 8.87. The van der Waals surface area contributed by atoms with E-state index in [1.54, 1.807) is 0 Å². The van der Waals surface area contributed by atoms with Crippen LogP contribution in [-0.4, -0.2) is 5.38 Å². The summed E-state index contributed by atoms with van der Waals surface area (Å²) in [6.07, 6.45) is 9.29. The second-order valence-corrected chi connectivity index (χ2v) is 4.86. The molecule has 2 atom stereocenters. The summed E-state index contributed by atoms with van der Waals surface area (Å²) in [6, 6.07) is 2.22. The van der Waals surface area contributed by atoms with Crippen molar-refractivity contribution in [2.75, 3.05) is 0 Å². The third-order valence-electron chi connectivity index (χ3n) is 2.83. The number of unbranched alkanes of at least 4 members (excludes halogenated alkanes) is 1. The molecule has 0 fully saturated rings. The molecule has 0 aromatic rings. The molecule has 0 spiro atoms. The molecule has 0 aromatic carbocycles. The Balaban J connectivity index is 2.83. The first-order valence-corrected chi connectivity index (χ1v) is 6.03. The fourth-order valence-electron chi connectivity index (χ4n) is 1.82. The third kappa shape index (κ3) is 3.00. The molecule has 0 aromatic heterocycles. The standard InChI is InChI=1S/C12H15Cl2N/c1-2-3-5-12(7-8-15)6-4-10(13)9-11(12)14/h4,6,9,11H,2-3,5,7H2,1H3. The largest absolute Gasteiger partial charge is 0.198 e. The van der Waals surface area contributed by atoms with Gasteiger partial charge >= 0.3 is 0 Å². The van der Waals surface area contributed by atoms with E-state index in [1.165, 1.54) is 0 Å². The van der Waals surface area contributed by atoms with E-state index in [2.05, 4.69) is 13.0 Å². The summed E-state index contributed by atoms with van der Waals surface area (Å²) in [4.78, 5) is 0. The lowest BCUT2D eigenvalue weighted by molar-refractivity contribution is 0.352. The Hall–Kier alpha value is -0.450. The van der Waals surface area contributed by atoms with E-state index in [9.17, 15) is 0 Å². The van der Waals surface area contributed by atoms with E-state index < -0.39 is 0 Å². The zero-order valence-corrected chi connectivity index (χ0v) is 10.4. The summed E-state index contributed by atoms with van der Waals surface area (Å²) in [5.41, 5.74) is -0.218. The number of halogens is 2. The summed E-state index contributed by atoms with van der Waals surface area (Å²) in [5, 5.41) is 9.37. The monoisotopic (exact) mass is 243 g/mol. The van der Waals surface area contributed by atoms with Gasteiger partial charge in [-0.1, -0.05) is 37.4 Å². The van der Waals surface area contributed by atoms with Crippen LogP contribution in [0.4, 0.5) is 0 Å². The quantitative estimate of drug-likeness (QED) is 0.673. The van der Waals surface area contributed by atoms with Crippen LogP contribution in [0.5, 0.6) is 0 Å². The third-order valence-corrected chi connectivity index (χ3v) is 3.65. The van der Waals surface area contributed by atoms with Gasteiger partial charge in [0.1, 0.15) is 0 Å². The van der Waals surface area contributed by atoms with E-state index in [0.29, 0.717) is 11.5 Å². The lowest BCUT2D eigenvalue weighted by Gasteiger charge is -2.33. The molecule has 1 aliphatic carbocycles. The minimum absolute atomic E-state index is 0.166. The highest BCUT2D eigenvalue weighted by Crippen LogP contribution is 2.41. The van der Waals surface area contributed by atoms with Crippen LogP contribution in [-0.2, 0) is 0 Å². The van der Waals surface area contributed by atoms with Gasteiger partial charge in [0.15, 0.2) is 0 Å². The molecule has 1 rings (SSSR count). The average molecular weight is 244 g/mol. The Bertz CT molecular complexity index is 314. The predicted molar refractivity (Wildman–Crippen MR) is 64.9 cm³/mol. The maximum absolute atomic E-state index is 8.87. The van der Waals surface area contributed by atoms with Crippen molar-refractivity contribution in [1.29, 1.82) is 5.26 Å². The smallest absolute Gasteiger partial charge is 0.0634 e. The Kier molecular flexibility index (Phi) is 4.70. The molecule has 0 N–H and O–H groups in total. The molecule has 0 saturated carbocycles. The van der Waals surface area contributed by atoms with Gasteiger partial charge in [-0.05, 0) is 18.6 Å². The van der Waals surface area contributed by atoms with Crippen molar-refractivity contribution in [3.05, 3.63) is 23.3 Å². The number of nitriles is 1. The van der Waals surface area contributed by atoms with Crippen molar-refractivity contribution < 1.29 is 0 Å². The first-order valence-electron chi connectivity index (χ1n) is 5.22. The van der Waals surface area contributed by atoms with Crippen LogP contribution in [0.15, 0.2) is 23.3 Å². The molecule has 1 aliphatic rings. The van der Waals surface area contributed by atoms with Crippen molar-refractivity contribution in [2.45, 2.75) is 38.0 Å². The number of nitrogens with zero attached hydrogens (tertiary/aromatic N) is 1. The fraction of sp³-hybridized carbons (Fsp3) is 0.583. The number of hydrogen-bond acceptors (Lipinski definition) is 1. The highest BCUT2D eigenvalue weighted by atomic mass is 35.5. The fourth-order valence-corrected chi connectivity index (χ4v) is 2.47. The zero-order chi connectivity index (χ0) is 11.3. The van der Waals surface area contributed by atoms with Crippen LogP contribution in [0, 0.1) is 16.7 Å². The summed E-state index contributed by atoms with van der Waals surface area (Å²) in [6.45, 7) is 2.14. The molecule has 2 unspecified atom stereocenters. The minimum Gasteiger partial charge on any atom is -0.198 e. The van der Waals surface area contributed by atoms with Gasteiger partial charge in [-0.15, -0.1) is 11.6 Å². The normalized spacial score (nSPS) is 29.7. The number of hydrogen-bond donors (Lipinski definition) is 0. The Morgan fingerprint density at radius 2 is 2.33 bits per heavy atom. The van der Waals surface area contributed by atoms with Crippen molar-refractivity contribution in [1.82, 2.24) is 0 Å². The highest BCUT2D eigenvalue weighted by molar-refractivity contribution is 6.32. The van der Waals surface area contributed by atoms with Gasteiger partial charge in [0, 0.05) is 16.9 Å². The molecule has 0 bridgehead atoms. The molecular weight excluding hydrogens is 229 g/mol. The molecular formula is C12H15Cl2N. The van der Waals surface area contributed by atoms with Crippen LogP contribution in [0.25, 0.3) is 0 Å². The van der Waals surface area contributed by atoms with E-state index in [4.69, 9.17) is 28.5 Å². The predicted octanol–water partition coefficient (Wildman–Crippen LogP) is 4.38. The molecule has 0 heterocycles. The van der Waals surface area contributed by atoms with Gasteiger partial charge in [0.2, 0.25) is 0 Å². The zero-order valence-electron chi connectivity index (χ0n) is 8.84. The van der Waals surface area contributed by atoms with Crippen molar-refractivity contribution in [3.63, 3.8) is 0 Å². The van der Waals surface area contributed by atoms with Gasteiger partial charge in [-0.2, -0.15) is 5.26 Å². The number of rotatable bonds is 4. The van der Waals surface area contributed by atoms with Crippen LogP contribution in [0.2, 0.25) is 0 Å². The first-order chi connectivity index (χ1) is 7.14. The van der Waals surface area contributed by atoms with Gasteiger partial charge in [0.25, 0.3) is 0 Å². The summed E-state index contributed by atoms with van der Waals surface area (Å²) >= 11 is 12.2. The van der Waals surface area contributed by atoms with Crippen LogP contribution < -0.4 is 0 Å². The lowest BCUT2D eigenvalue weighted by Crippen LogP contribution is -2.29. The number of allylic oxidation sites excluding steroid dienone is 4. The lowest BCUT2D eigenvalue weighted by atomic mass is 9.75.